The summed E-state index contributed by atoms with van der Waals surface area (Å²) in [7, 11) is -3.02. The largest absolute Gasteiger partial charge is 0.454 e. The van der Waals surface area contributed by atoms with Crippen LogP contribution in [0.2, 0.25) is 0 Å². The first kappa shape index (κ1) is 19.4. The van der Waals surface area contributed by atoms with Gasteiger partial charge in [-0.05, 0) is 45.4 Å². The highest BCUT2D eigenvalue weighted by Gasteiger charge is 2.31. The molecule has 3 rings (SSSR count). The van der Waals surface area contributed by atoms with Gasteiger partial charge in [-0.1, -0.05) is 17.7 Å². The molecule has 0 radical (unpaired) electrons. The molecule has 0 spiro atoms. The smallest absolute Gasteiger partial charge is 0.338 e. The lowest BCUT2D eigenvalue weighted by molar-refractivity contribution is 0.0474. The average Bonchev–Trinajstić information content (AvgIpc) is 3.10. The van der Waals surface area contributed by atoms with Crippen molar-refractivity contribution in [1.82, 2.24) is 4.57 Å². The van der Waals surface area contributed by atoms with Crippen molar-refractivity contribution in [2.75, 3.05) is 18.1 Å². The summed E-state index contributed by atoms with van der Waals surface area (Å²) in [5.74, 6) is -0.565. The van der Waals surface area contributed by atoms with Crippen molar-refractivity contribution < 1.29 is 22.7 Å². The van der Waals surface area contributed by atoms with Crippen LogP contribution in [-0.2, 0) is 14.6 Å². The normalized spacial score (nSPS) is 18.4. The number of benzene rings is 1. The zero-order chi connectivity index (χ0) is 19.8. The highest BCUT2D eigenvalue weighted by atomic mass is 32.2. The van der Waals surface area contributed by atoms with Gasteiger partial charge < -0.3 is 9.30 Å². The van der Waals surface area contributed by atoms with Gasteiger partial charge in [0.15, 0.2) is 16.4 Å². The number of carbonyl (C=O) groups excluding carboxylic acids is 2. The highest BCUT2D eigenvalue weighted by molar-refractivity contribution is 7.91. The van der Waals surface area contributed by atoms with Crippen LogP contribution < -0.4 is 0 Å². The molecule has 1 saturated heterocycles. The number of aromatic nitrogens is 1. The molecule has 6 nitrogen and oxygen atoms in total. The van der Waals surface area contributed by atoms with E-state index in [1.807, 2.05) is 24.5 Å². The second kappa shape index (κ2) is 7.31. The SMILES string of the molecule is Cc1cccc(C(=O)OCC(=O)c2cc(C)n([C@H]3CCS(=O)(=O)C3)c2C)c1. The number of nitrogens with zero attached hydrogens (tertiary/aromatic N) is 1. The number of hydrogen-bond acceptors (Lipinski definition) is 5. The van der Waals surface area contributed by atoms with E-state index in [4.69, 9.17) is 4.74 Å². The van der Waals surface area contributed by atoms with Gasteiger partial charge in [0.2, 0.25) is 5.78 Å². The Balaban J connectivity index is 1.72. The number of carbonyl (C=O) groups is 2. The van der Waals surface area contributed by atoms with E-state index in [2.05, 4.69) is 0 Å². The minimum atomic E-state index is -3.02. The third-order valence-corrected chi connectivity index (χ3v) is 6.70. The third kappa shape index (κ3) is 4.13. The van der Waals surface area contributed by atoms with E-state index in [0.29, 0.717) is 23.2 Å². The summed E-state index contributed by atoms with van der Waals surface area (Å²) in [6.07, 6.45) is 0.550. The summed E-state index contributed by atoms with van der Waals surface area (Å²) in [5, 5.41) is 0. The first-order valence-corrected chi connectivity index (χ1v) is 10.7. The van der Waals surface area contributed by atoms with Gasteiger partial charge in [-0.2, -0.15) is 0 Å². The van der Waals surface area contributed by atoms with Crippen LogP contribution in [-0.4, -0.2) is 42.9 Å². The topological polar surface area (TPSA) is 82.4 Å². The van der Waals surface area contributed by atoms with Crippen molar-refractivity contribution in [2.24, 2.45) is 0 Å². The predicted molar refractivity (Wildman–Crippen MR) is 102 cm³/mol. The van der Waals surface area contributed by atoms with Crippen molar-refractivity contribution >= 4 is 21.6 Å². The van der Waals surface area contributed by atoms with Crippen LogP contribution in [0.1, 0.15) is 50.1 Å². The molecule has 1 atom stereocenters. The van der Waals surface area contributed by atoms with Gasteiger partial charge in [-0.3, -0.25) is 4.79 Å². The summed E-state index contributed by atoms with van der Waals surface area (Å²) in [5.41, 5.74) is 3.36. The summed E-state index contributed by atoms with van der Waals surface area (Å²) >= 11 is 0. The van der Waals surface area contributed by atoms with E-state index in [9.17, 15) is 18.0 Å². The zero-order valence-electron chi connectivity index (χ0n) is 15.7. The zero-order valence-corrected chi connectivity index (χ0v) is 16.5. The van der Waals surface area contributed by atoms with Gasteiger partial charge in [-0.15, -0.1) is 0 Å². The molecule has 144 valence electrons. The van der Waals surface area contributed by atoms with Crippen molar-refractivity contribution in [1.29, 1.82) is 0 Å². The molecule has 0 aliphatic carbocycles. The fraction of sp³-hybridized carbons (Fsp3) is 0.400. The van der Waals surface area contributed by atoms with E-state index in [-0.39, 0.29) is 29.9 Å². The number of rotatable bonds is 5. The first-order chi connectivity index (χ1) is 12.7. The minimum Gasteiger partial charge on any atom is -0.454 e. The Hall–Kier alpha value is -2.41. The van der Waals surface area contributed by atoms with Crippen LogP contribution in [0.4, 0.5) is 0 Å². The van der Waals surface area contributed by atoms with E-state index < -0.39 is 15.8 Å². The van der Waals surface area contributed by atoms with E-state index in [0.717, 1.165) is 11.3 Å². The molecule has 2 heterocycles. The molecule has 0 unspecified atom stereocenters. The molecular formula is C20H23NO5S. The maximum Gasteiger partial charge on any atom is 0.338 e. The van der Waals surface area contributed by atoms with Crippen LogP contribution in [0, 0.1) is 20.8 Å². The summed E-state index contributed by atoms with van der Waals surface area (Å²) in [6.45, 7) is 5.18. The Morgan fingerprint density at radius 2 is 1.93 bits per heavy atom. The lowest BCUT2D eigenvalue weighted by atomic mass is 10.1. The molecule has 1 aliphatic rings. The van der Waals surface area contributed by atoms with Crippen molar-refractivity contribution in [2.45, 2.75) is 33.2 Å². The van der Waals surface area contributed by atoms with Crippen LogP contribution in [0.5, 0.6) is 0 Å². The van der Waals surface area contributed by atoms with Crippen LogP contribution >= 0.6 is 0 Å². The molecule has 1 fully saturated rings. The Bertz CT molecular complexity index is 1000. The van der Waals surface area contributed by atoms with E-state index in [1.165, 1.54) is 0 Å². The minimum absolute atomic E-state index is 0.0966. The fourth-order valence-electron chi connectivity index (χ4n) is 3.66. The third-order valence-electron chi connectivity index (χ3n) is 4.95. The lowest BCUT2D eigenvalue weighted by Crippen LogP contribution is -2.17. The van der Waals surface area contributed by atoms with Crippen LogP contribution in [0.15, 0.2) is 30.3 Å². The molecule has 1 aromatic heterocycles. The Kier molecular flexibility index (Phi) is 5.24. The molecule has 0 saturated carbocycles. The van der Waals surface area contributed by atoms with Crippen molar-refractivity contribution in [3.8, 4) is 0 Å². The Labute approximate surface area is 159 Å². The molecular weight excluding hydrogens is 366 g/mol. The van der Waals surface area contributed by atoms with Gasteiger partial charge in [0.1, 0.15) is 0 Å². The average molecular weight is 389 g/mol. The maximum absolute atomic E-state index is 12.6. The van der Waals surface area contributed by atoms with Gasteiger partial charge in [0.25, 0.3) is 0 Å². The standard InChI is InChI=1S/C20H23NO5S/c1-13-5-4-6-16(9-13)20(23)26-11-19(22)18-10-14(2)21(15(18)3)17-7-8-27(24,25)12-17/h4-6,9-10,17H,7-8,11-12H2,1-3H3/t17-/m0/s1. The second-order valence-electron chi connectivity index (χ2n) is 7.08. The lowest BCUT2D eigenvalue weighted by Gasteiger charge is -2.16. The molecule has 1 aliphatic heterocycles. The molecule has 27 heavy (non-hydrogen) atoms. The van der Waals surface area contributed by atoms with Crippen LogP contribution in [0.3, 0.4) is 0 Å². The molecule has 7 heteroatoms. The number of hydrogen-bond donors (Lipinski definition) is 0. The fourth-order valence-corrected chi connectivity index (χ4v) is 5.36. The summed E-state index contributed by atoms with van der Waals surface area (Å²) in [6, 6.07) is 8.58. The quantitative estimate of drug-likeness (QED) is 0.580. The Morgan fingerprint density at radius 1 is 1.19 bits per heavy atom. The number of ketones is 1. The van der Waals surface area contributed by atoms with Gasteiger partial charge in [0, 0.05) is 23.0 Å². The number of sulfone groups is 1. The van der Waals surface area contributed by atoms with Gasteiger partial charge in [0.05, 0.1) is 17.1 Å². The molecule has 1 aromatic carbocycles. The molecule has 0 bridgehead atoms. The molecule has 0 N–H and O–H groups in total. The van der Waals surface area contributed by atoms with Crippen LogP contribution in [0.25, 0.3) is 0 Å². The van der Waals surface area contributed by atoms with E-state index in [1.54, 1.807) is 31.2 Å². The number of aryl methyl sites for hydroxylation is 2. The van der Waals surface area contributed by atoms with Crippen molar-refractivity contribution in [3.63, 3.8) is 0 Å². The van der Waals surface area contributed by atoms with Gasteiger partial charge >= 0.3 is 5.97 Å². The van der Waals surface area contributed by atoms with E-state index >= 15 is 0 Å². The number of Topliss-reactive ketones (excluding diaryl/α,β-unsaturated/α-hetero) is 1. The Morgan fingerprint density at radius 3 is 2.56 bits per heavy atom. The highest BCUT2D eigenvalue weighted by Crippen LogP contribution is 2.29. The second-order valence-corrected chi connectivity index (χ2v) is 9.31. The van der Waals surface area contributed by atoms with Crippen molar-refractivity contribution in [3.05, 3.63) is 58.4 Å². The predicted octanol–water partition coefficient (Wildman–Crippen LogP) is 2.81. The number of esters is 1. The molecule has 0 amide bonds. The first-order valence-electron chi connectivity index (χ1n) is 8.84. The van der Waals surface area contributed by atoms with Gasteiger partial charge in [-0.25, -0.2) is 13.2 Å². The monoisotopic (exact) mass is 389 g/mol. The molecule has 2 aromatic rings. The number of ether oxygens (including phenoxy) is 1. The maximum atomic E-state index is 12.6. The summed E-state index contributed by atoms with van der Waals surface area (Å²) < 4.78 is 30.6. The summed E-state index contributed by atoms with van der Waals surface area (Å²) in [4.78, 5) is 24.7.